The molecule has 1 aliphatic carbocycles. The van der Waals surface area contributed by atoms with Crippen LogP contribution < -0.4 is 5.32 Å². The summed E-state index contributed by atoms with van der Waals surface area (Å²) in [7, 11) is 1.44. The van der Waals surface area contributed by atoms with E-state index in [9.17, 15) is 4.79 Å². The number of methoxy groups -OCH3 is 1. The average Bonchev–Trinajstić information content (AvgIpc) is 2.34. The van der Waals surface area contributed by atoms with Crippen LogP contribution in [0.3, 0.4) is 0 Å². The molecule has 0 atom stereocenters. The monoisotopic (exact) mass is 281 g/mol. The Morgan fingerprint density at radius 3 is 2.42 bits per heavy atom. The van der Waals surface area contributed by atoms with E-state index >= 15 is 0 Å². The predicted octanol–water partition coefficient (Wildman–Crippen LogP) is 3.73. The second-order valence-corrected chi connectivity index (χ2v) is 6.05. The van der Waals surface area contributed by atoms with Crippen LogP contribution in [0.1, 0.15) is 26.7 Å². The van der Waals surface area contributed by atoms with E-state index < -0.39 is 5.54 Å². The number of esters is 1. The second-order valence-electron chi connectivity index (χ2n) is 5.62. The summed E-state index contributed by atoms with van der Waals surface area (Å²) in [5.74, 6) is 0.975. The third kappa shape index (κ3) is 2.86. The van der Waals surface area contributed by atoms with Crippen LogP contribution in [-0.2, 0) is 9.53 Å². The molecule has 0 aromatic heterocycles. The van der Waals surface area contributed by atoms with Crippen molar-refractivity contribution in [2.24, 2.45) is 11.8 Å². The summed E-state index contributed by atoms with van der Waals surface area (Å²) in [4.78, 5) is 12.0. The van der Waals surface area contributed by atoms with Crippen LogP contribution in [0.2, 0.25) is 5.02 Å². The van der Waals surface area contributed by atoms with Gasteiger partial charge in [0.1, 0.15) is 5.54 Å². The number of ether oxygens (including phenoxy) is 1. The molecule has 19 heavy (non-hydrogen) atoms. The summed E-state index contributed by atoms with van der Waals surface area (Å²) in [6.07, 6.45) is 1.64. The molecule has 1 aromatic rings. The normalized spacial score (nSPS) is 25.8. The molecule has 104 valence electrons. The summed E-state index contributed by atoms with van der Waals surface area (Å²) in [5, 5.41) is 4.01. The lowest BCUT2D eigenvalue weighted by Gasteiger charge is -2.48. The lowest BCUT2D eigenvalue weighted by molar-refractivity contribution is -0.151. The fourth-order valence-electron chi connectivity index (χ4n) is 2.63. The summed E-state index contributed by atoms with van der Waals surface area (Å²) < 4.78 is 4.95. The van der Waals surface area contributed by atoms with E-state index in [4.69, 9.17) is 16.3 Å². The van der Waals surface area contributed by atoms with Gasteiger partial charge in [-0.2, -0.15) is 0 Å². The van der Waals surface area contributed by atoms with Crippen molar-refractivity contribution in [2.75, 3.05) is 12.4 Å². The van der Waals surface area contributed by atoms with Gasteiger partial charge in [-0.1, -0.05) is 25.4 Å². The minimum Gasteiger partial charge on any atom is -0.467 e. The van der Waals surface area contributed by atoms with E-state index in [1.165, 1.54) is 7.11 Å². The lowest BCUT2D eigenvalue weighted by atomic mass is 9.64. The zero-order chi connectivity index (χ0) is 14.0. The fourth-order valence-corrected chi connectivity index (χ4v) is 2.76. The Hall–Kier alpha value is -1.22. The van der Waals surface area contributed by atoms with E-state index in [1.54, 1.807) is 0 Å². The van der Waals surface area contributed by atoms with Crippen molar-refractivity contribution in [3.05, 3.63) is 29.3 Å². The van der Waals surface area contributed by atoms with Crippen LogP contribution >= 0.6 is 11.6 Å². The number of carbonyl (C=O) groups is 1. The first-order valence-electron chi connectivity index (χ1n) is 6.59. The Morgan fingerprint density at radius 2 is 1.95 bits per heavy atom. The molecule has 0 amide bonds. The van der Waals surface area contributed by atoms with E-state index in [-0.39, 0.29) is 5.97 Å². The maximum Gasteiger partial charge on any atom is 0.331 e. The number of carbonyl (C=O) groups excluding carboxylic acids is 1. The maximum atomic E-state index is 12.0. The number of hydrogen-bond donors (Lipinski definition) is 1. The molecular weight excluding hydrogens is 262 g/mol. The molecule has 0 radical (unpaired) electrons. The summed E-state index contributed by atoms with van der Waals surface area (Å²) in [6.45, 7) is 4.38. The van der Waals surface area contributed by atoms with Crippen molar-refractivity contribution in [1.29, 1.82) is 0 Å². The average molecular weight is 282 g/mol. The molecule has 3 nitrogen and oxygen atoms in total. The number of benzene rings is 1. The zero-order valence-electron chi connectivity index (χ0n) is 11.6. The molecule has 0 saturated heterocycles. The summed E-state index contributed by atoms with van der Waals surface area (Å²) >= 11 is 5.87. The standard InChI is InChI=1S/C15H20ClNO2/c1-10(2)11-8-15(9-11,14(18)19-3)17-13-6-4-12(16)5-7-13/h4-7,10-11,17H,8-9H2,1-3H3. The Morgan fingerprint density at radius 1 is 1.37 bits per heavy atom. The number of anilines is 1. The number of rotatable bonds is 4. The van der Waals surface area contributed by atoms with Gasteiger partial charge in [0.05, 0.1) is 7.11 Å². The summed E-state index contributed by atoms with van der Waals surface area (Å²) in [6, 6.07) is 7.40. The molecule has 4 heteroatoms. The molecule has 1 fully saturated rings. The molecular formula is C15H20ClNO2. The third-order valence-electron chi connectivity index (χ3n) is 3.97. The highest BCUT2D eigenvalue weighted by Crippen LogP contribution is 2.45. The molecule has 1 N–H and O–H groups in total. The topological polar surface area (TPSA) is 38.3 Å². The molecule has 0 unspecified atom stereocenters. The van der Waals surface area contributed by atoms with Crippen LogP contribution in [0.25, 0.3) is 0 Å². The minimum absolute atomic E-state index is 0.181. The first-order chi connectivity index (χ1) is 8.97. The second kappa shape index (κ2) is 5.41. The molecule has 1 saturated carbocycles. The van der Waals surface area contributed by atoms with Crippen molar-refractivity contribution in [3.63, 3.8) is 0 Å². The van der Waals surface area contributed by atoms with Crippen LogP contribution in [0, 0.1) is 11.8 Å². The fraction of sp³-hybridized carbons (Fsp3) is 0.533. The lowest BCUT2D eigenvalue weighted by Crippen LogP contribution is -2.58. The third-order valence-corrected chi connectivity index (χ3v) is 4.22. The molecule has 1 aromatic carbocycles. The largest absolute Gasteiger partial charge is 0.467 e. The van der Waals surface area contributed by atoms with Crippen molar-refractivity contribution in [1.82, 2.24) is 0 Å². The highest BCUT2D eigenvalue weighted by atomic mass is 35.5. The molecule has 0 aliphatic heterocycles. The van der Waals surface area contributed by atoms with Crippen molar-refractivity contribution >= 4 is 23.3 Å². The quantitative estimate of drug-likeness (QED) is 0.855. The highest BCUT2D eigenvalue weighted by molar-refractivity contribution is 6.30. The van der Waals surface area contributed by atoms with Gasteiger partial charge in [0.25, 0.3) is 0 Å². The van der Waals surface area contributed by atoms with Gasteiger partial charge in [0.15, 0.2) is 0 Å². The van der Waals surface area contributed by atoms with E-state index in [2.05, 4.69) is 19.2 Å². The molecule has 1 aliphatic rings. The Kier molecular flexibility index (Phi) is 4.04. The van der Waals surface area contributed by atoms with Gasteiger partial charge in [0, 0.05) is 10.7 Å². The van der Waals surface area contributed by atoms with Crippen LogP contribution in [0.4, 0.5) is 5.69 Å². The predicted molar refractivity (Wildman–Crippen MR) is 77.4 cm³/mol. The van der Waals surface area contributed by atoms with Crippen molar-refractivity contribution in [3.8, 4) is 0 Å². The molecule has 0 spiro atoms. The van der Waals surface area contributed by atoms with Crippen molar-refractivity contribution in [2.45, 2.75) is 32.2 Å². The van der Waals surface area contributed by atoms with Crippen LogP contribution in [0.5, 0.6) is 0 Å². The van der Waals surface area contributed by atoms with Crippen molar-refractivity contribution < 1.29 is 9.53 Å². The van der Waals surface area contributed by atoms with Gasteiger partial charge in [-0.25, -0.2) is 4.79 Å². The van der Waals surface area contributed by atoms with E-state index in [1.807, 2.05) is 24.3 Å². The number of halogens is 1. The highest BCUT2D eigenvalue weighted by Gasteiger charge is 2.51. The smallest absolute Gasteiger partial charge is 0.331 e. The van der Waals surface area contributed by atoms with Gasteiger partial charge in [-0.05, 0) is 48.9 Å². The molecule has 2 rings (SSSR count). The van der Waals surface area contributed by atoms with Gasteiger partial charge < -0.3 is 10.1 Å². The Bertz CT molecular complexity index is 450. The minimum atomic E-state index is -0.572. The summed E-state index contributed by atoms with van der Waals surface area (Å²) in [5.41, 5.74) is 0.328. The molecule has 0 heterocycles. The van der Waals surface area contributed by atoms with Crippen LogP contribution in [0.15, 0.2) is 24.3 Å². The van der Waals surface area contributed by atoms with Crippen LogP contribution in [-0.4, -0.2) is 18.6 Å². The van der Waals surface area contributed by atoms with Gasteiger partial charge >= 0.3 is 5.97 Å². The first-order valence-corrected chi connectivity index (χ1v) is 6.97. The van der Waals surface area contributed by atoms with E-state index in [0.29, 0.717) is 16.9 Å². The van der Waals surface area contributed by atoms with Gasteiger partial charge in [0.2, 0.25) is 0 Å². The zero-order valence-corrected chi connectivity index (χ0v) is 12.3. The van der Waals surface area contributed by atoms with Gasteiger partial charge in [-0.3, -0.25) is 0 Å². The Balaban J connectivity index is 2.12. The molecule has 0 bridgehead atoms. The number of hydrogen-bond acceptors (Lipinski definition) is 3. The SMILES string of the molecule is COC(=O)C1(Nc2ccc(Cl)cc2)CC(C(C)C)C1. The van der Waals surface area contributed by atoms with Gasteiger partial charge in [-0.15, -0.1) is 0 Å². The Labute approximate surface area is 119 Å². The first kappa shape index (κ1) is 14.2. The van der Waals surface area contributed by atoms with E-state index in [0.717, 1.165) is 18.5 Å². The maximum absolute atomic E-state index is 12.0. The number of nitrogens with one attached hydrogen (secondary N) is 1.